The van der Waals surface area contributed by atoms with Crippen molar-refractivity contribution < 1.29 is 4.79 Å². The number of hydrogen-bond acceptors (Lipinski definition) is 5. The molecule has 2 saturated heterocycles. The van der Waals surface area contributed by atoms with Crippen molar-refractivity contribution in [2.24, 2.45) is 0 Å². The highest BCUT2D eigenvalue weighted by Crippen LogP contribution is 2.40. The van der Waals surface area contributed by atoms with Crippen LogP contribution in [0.25, 0.3) is 0 Å². The molecule has 0 bridgehead atoms. The monoisotopic (exact) mass is 324 g/mol. The quantitative estimate of drug-likeness (QED) is 0.857. The normalized spacial score (nSPS) is 21.4. The van der Waals surface area contributed by atoms with Crippen molar-refractivity contribution in [3.05, 3.63) is 30.5 Å². The van der Waals surface area contributed by atoms with Gasteiger partial charge in [-0.25, -0.2) is 9.97 Å². The second kappa shape index (κ2) is 5.29. The lowest BCUT2D eigenvalue weighted by Gasteiger charge is -2.40. The van der Waals surface area contributed by atoms with Crippen molar-refractivity contribution >= 4 is 17.4 Å². The van der Waals surface area contributed by atoms with E-state index in [1.165, 1.54) is 18.5 Å². The van der Waals surface area contributed by atoms with E-state index in [4.69, 9.17) is 0 Å². The number of anilines is 2. The Hall–Kier alpha value is -2.44. The Balaban J connectivity index is 1.26. The van der Waals surface area contributed by atoms with Gasteiger partial charge in [0.15, 0.2) is 0 Å². The van der Waals surface area contributed by atoms with Crippen LogP contribution >= 0.6 is 0 Å². The highest BCUT2D eigenvalue weighted by Gasteiger charge is 2.32. The van der Waals surface area contributed by atoms with Gasteiger partial charge < -0.3 is 9.80 Å². The second-order valence-electron chi connectivity index (χ2n) is 6.96. The molecule has 0 N–H and O–H groups in total. The smallest absolute Gasteiger partial charge is 0.227 e. The van der Waals surface area contributed by atoms with Crippen LogP contribution < -0.4 is 9.80 Å². The Bertz CT molecular complexity index is 777. The lowest BCUT2D eigenvalue weighted by Crippen LogP contribution is -2.48. The van der Waals surface area contributed by atoms with Crippen molar-refractivity contribution in [2.75, 3.05) is 29.4 Å². The van der Waals surface area contributed by atoms with Gasteiger partial charge in [0.2, 0.25) is 5.91 Å². The predicted octanol–water partition coefficient (Wildman–Crippen LogP) is 1.74. The minimum absolute atomic E-state index is 0.207. The van der Waals surface area contributed by atoms with Crippen LogP contribution in [0, 0.1) is 0 Å². The van der Waals surface area contributed by atoms with Gasteiger partial charge in [0, 0.05) is 49.9 Å². The second-order valence-corrected chi connectivity index (χ2v) is 6.96. The molecule has 7 heteroatoms. The molecule has 3 fully saturated rings. The van der Waals surface area contributed by atoms with Gasteiger partial charge >= 0.3 is 0 Å². The highest BCUT2D eigenvalue weighted by molar-refractivity contribution is 5.95. The highest BCUT2D eigenvalue weighted by atomic mass is 16.2. The molecule has 5 rings (SSSR count). The topological polar surface area (TPSA) is 67.2 Å². The SMILES string of the molecule is O=C1CCCN1c1cnn(C2CN(c3cc(C4CC4)ncn3)C2)c1. The summed E-state index contributed by atoms with van der Waals surface area (Å²) in [6.45, 7) is 2.61. The summed E-state index contributed by atoms with van der Waals surface area (Å²) in [5, 5.41) is 4.46. The molecule has 0 aromatic carbocycles. The Morgan fingerprint density at radius 2 is 2.04 bits per heavy atom. The van der Waals surface area contributed by atoms with Crippen LogP contribution in [0.2, 0.25) is 0 Å². The van der Waals surface area contributed by atoms with E-state index in [0.29, 0.717) is 18.4 Å². The molecule has 7 nitrogen and oxygen atoms in total. The van der Waals surface area contributed by atoms with Gasteiger partial charge in [-0.1, -0.05) is 0 Å². The first kappa shape index (κ1) is 13.9. The van der Waals surface area contributed by atoms with Gasteiger partial charge in [-0.3, -0.25) is 9.48 Å². The number of nitrogens with zero attached hydrogens (tertiary/aromatic N) is 6. The molecule has 4 heterocycles. The Morgan fingerprint density at radius 3 is 2.79 bits per heavy atom. The predicted molar refractivity (Wildman–Crippen MR) is 89.1 cm³/mol. The summed E-state index contributed by atoms with van der Waals surface area (Å²) in [6, 6.07) is 2.47. The fourth-order valence-electron chi connectivity index (χ4n) is 3.53. The summed E-state index contributed by atoms with van der Waals surface area (Å²) < 4.78 is 1.99. The number of carbonyl (C=O) groups excluding carboxylic acids is 1. The molecule has 124 valence electrons. The van der Waals surface area contributed by atoms with E-state index in [0.717, 1.165) is 37.6 Å². The van der Waals surface area contributed by atoms with Crippen LogP contribution in [-0.4, -0.2) is 45.3 Å². The third-order valence-corrected chi connectivity index (χ3v) is 5.20. The number of amides is 1. The molecular weight excluding hydrogens is 304 g/mol. The lowest BCUT2D eigenvalue weighted by atomic mass is 10.1. The number of carbonyl (C=O) groups is 1. The molecule has 1 amide bonds. The average molecular weight is 324 g/mol. The van der Waals surface area contributed by atoms with Gasteiger partial charge in [-0.05, 0) is 19.3 Å². The van der Waals surface area contributed by atoms with Gasteiger partial charge in [-0.15, -0.1) is 0 Å². The van der Waals surface area contributed by atoms with E-state index in [2.05, 4.69) is 26.0 Å². The molecule has 24 heavy (non-hydrogen) atoms. The lowest BCUT2D eigenvalue weighted by molar-refractivity contribution is -0.117. The molecule has 2 aliphatic heterocycles. The van der Waals surface area contributed by atoms with E-state index in [1.807, 2.05) is 22.0 Å². The van der Waals surface area contributed by atoms with E-state index in [-0.39, 0.29) is 5.91 Å². The first-order valence-electron chi connectivity index (χ1n) is 8.69. The fourth-order valence-corrected chi connectivity index (χ4v) is 3.53. The Kier molecular flexibility index (Phi) is 3.08. The maximum absolute atomic E-state index is 11.8. The number of rotatable bonds is 4. The summed E-state index contributed by atoms with van der Waals surface area (Å²) in [5.74, 6) is 1.87. The third kappa shape index (κ3) is 2.35. The number of hydrogen-bond donors (Lipinski definition) is 0. The first-order chi connectivity index (χ1) is 11.8. The Labute approximate surface area is 140 Å². The van der Waals surface area contributed by atoms with Crippen LogP contribution in [0.5, 0.6) is 0 Å². The summed E-state index contributed by atoms with van der Waals surface area (Å²) in [6.07, 6.45) is 9.59. The summed E-state index contributed by atoms with van der Waals surface area (Å²) >= 11 is 0. The van der Waals surface area contributed by atoms with Gasteiger partial charge in [-0.2, -0.15) is 5.10 Å². The van der Waals surface area contributed by atoms with Crippen molar-refractivity contribution in [1.82, 2.24) is 19.7 Å². The van der Waals surface area contributed by atoms with Gasteiger partial charge in [0.05, 0.1) is 17.9 Å². The molecule has 1 aliphatic carbocycles. The molecule has 2 aromatic rings. The molecule has 1 saturated carbocycles. The van der Waals surface area contributed by atoms with Crippen LogP contribution in [0.3, 0.4) is 0 Å². The molecule has 2 aromatic heterocycles. The molecule has 0 spiro atoms. The minimum Gasteiger partial charge on any atom is -0.352 e. The maximum Gasteiger partial charge on any atom is 0.227 e. The zero-order chi connectivity index (χ0) is 16.1. The largest absolute Gasteiger partial charge is 0.352 e. The zero-order valence-electron chi connectivity index (χ0n) is 13.5. The van der Waals surface area contributed by atoms with Crippen molar-refractivity contribution in [3.8, 4) is 0 Å². The van der Waals surface area contributed by atoms with Crippen molar-refractivity contribution in [2.45, 2.75) is 37.6 Å². The number of aromatic nitrogens is 4. The van der Waals surface area contributed by atoms with Crippen LogP contribution in [0.1, 0.15) is 43.3 Å². The zero-order valence-corrected chi connectivity index (χ0v) is 13.5. The molecule has 0 unspecified atom stereocenters. The van der Waals surface area contributed by atoms with Crippen LogP contribution in [0.15, 0.2) is 24.8 Å². The Morgan fingerprint density at radius 1 is 1.17 bits per heavy atom. The van der Waals surface area contributed by atoms with E-state index in [9.17, 15) is 4.79 Å². The van der Waals surface area contributed by atoms with Crippen molar-refractivity contribution in [3.63, 3.8) is 0 Å². The minimum atomic E-state index is 0.207. The van der Waals surface area contributed by atoms with E-state index in [1.54, 1.807) is 6.33 Å². The maximum atomic E-state index is 11.8. The first-order valence-corrected chi connectivity index (χ1v) is 8.69. The van der Waals surface area contributed by atoms with E-state index < -0.39 is 0 Å². The summed E-state index contributed by atoms with van der Waals surface area (Å²) in [5.41, 5.74) is 2.10. The summed E-state index contributed by atoms with van der Waals surface area (Å²) in [4.78, 5) is 24.7. The molecule has 0 atom stereocenters. The molecule has 3 aliphatic rings. The summed E-state index contributed by atoms with van der Waals surface area (Å²) in [7, 11) is 0. The van der Waals surface area contributed by atoms with Gasteiger partial charge in [0.25, 0.3) is 0 Å². The molecule has 0 radical (unpaired) electrons. The standard InChI is InChI=1S/C17H20N6O/c24-17-2-1-5-22(17)13-7-20-23(10-13)14-8-21(9-14)16-6-15(12-3-4-12)18-11-19-16/h6-7,10-12,14H,1-5,8-9H2. The van der Waals surface area contributed by atoms with Gasteiger partial charge in [0.1, 0.15) is 12.1 Å². The van der Waals surface area contributed by atoms with Crippen LogP contribution in [-0.2, 0) is 4.79 Å². The van der Waals surface area contributed by atoms with E-state index >= 15 is 0 Å². The molecular formula is C17H20N6O. The average Bonchev–Trinajstić information content (AvgIpc) is 3.15. The fraction of sp³-hybridized carbons (Fsp3) is 0.529. The van der Waals surface area contributed by atoms with Crippen LogP contribution in [0.4, 0.5) is 11.5 Å². The van der Waals surface area contributed by atoms with Crippen molar-refractivity contribution in [1.29, 1.82) is 0 Å². The third-order valence-electron chi connectivity index (χ3n) is 5.20.